The van der Waals surface area contributed by atoms with Crippen molar-refractivity contribution in [2.45, 2.75) is 32.7 Å². The first-order valence-electron chi connectivity index (χ1n) is 8.11. The van der Waals surface area contributed by atoms with Crippen molar-refractivity contribution in [2.75, 3.05) is 23.7 Å². The van der Waals surface area contributed by atoms with Crippen LogP contribution in [0.5, 0.6) is 0 Å². The number of nitrogens with zero attached hydrogens (tertiary/aromatic N) is 2. The molecule has 2 aromatic rings. The minimum absolute atomic E-state index is 0.311. The van der Waals surface area contributed by atoms with Crippen molar-refractivity contribution in [2.24, 2.45) is 0 Å². The summed E-state index contributed by atoms with van der Waals surface area (Å²) >= 11 is 7.51. The summed E-state index contributed by atoms with van der Waals surface area (Å²) in [4.78, 5) is 19.0. The third kappa shape index (κ3) is 4.69. The molecular formula is C17H21ClN4OS. The van der Waals surface area contributed by atoms with Crippen LogP contribution in [0, 0.1) is 6.92 Å². The van der Waals surface area contributed by atoms with Crippen LogP contribution in [0.15, 0.2) is 23.6 Å². The van der Waals surface area contributed by atoms with Gasteiger partial charge in [0, 0.05) is 22.6 Å². The Morgan fingerprint density at radius 1 is 1.29 bits per heavy atom. The molecule has 3 rings (SSSR count). The molecule has 2 amide bonds. The van der Waals surface area contributed by atoms with E-state index in [0.29, 0.717) is 15.8 Å². The van der Waals surface area contributed by atoms with Gasteiger partial charge in [-0.3, -0.25) is 10.2 Å². The number of hydrogen-bond acceptors (Lipinski definition) is 4. The Bertz CT molecular complexity index is 712. The first kappa shape index (κ1) is 17.2. The monoisotopic (exact) mass is 364 g/mol. The first-order chi connectivity index (χ1) is 11.6. The second kappa shape index (κ2) is 7.96. The van der Waals surface area contributed by atoms with Crippen LogP contribution in [0.1, 0.15) is 30.5 Å². The number of aromatic nitrogens is 1. The number of carbonyl (C=O) groups excluding carboxylic acids is 1. The Balaban J connectivity index is 1.53. The van der Waals surface area contributed by atoms with Crippen LogP contribution in [-0.2, 0) is 6.54 Å². The van der Waals surface area contributed by atoms with Gasteiger partial charge < -0.3 is 5.32 Å². The highest BCUT2D eigenvalue weighted by Crippen LogP contribution is 2.21. The fraction of sp³-hybridized carbons (Fsp3) is 0.412. The van der Waals surface area contributed by atoms with Gasteiger partial charge in [0.15, 0.2) is 5.13 Å². The maximum Gasteiger partial charge on any atom is 0.325 e. The Kier molecular flexibility index (Phi) is 5.71. The molecule has 1 aliphatic heterocycles. The molecular weight excluding hydrogens is 344 g/mol. The average Bonchev–Trinajstić information content (AvgIpc) is 2.99. The van der Waals surface area contributed by atoms with Crippen molar-refractivity contribution in [1.82, 2.24) is 9.88 Å². The predicted octanol–water partition coefficient (Wildman–Crippen LogP) is 4.73. The summed E-state index contributed by atoms with van der Waals surface area (Å²) in [5, 5.41) is 8.80. The minimum Gasteiger partial charge on any atom is -0.308 e. The maximum absolute atomic E-state index is 12.1. The number of halogens is 1. The molecule has 7 heteroatoms. The number of piperidine rings is 1. The van der Waals surface area contributed by atoms with Gasteiger partial charge in [0.05, 0.1) is 5.69 Å². The lowest BCUT2D eigenvalue weighted by atomic mass is 10.1. The van der Waals surface area contributed by atoms with Crippen LogP contribution in [0.25, 0.3) is 0 Å². The number of likely N-dealkylation sites (tertiary alicyclic amines) is 1. The van der Waals surface area contributed by atoms with Gasteiger partial charge in [0.1, 0.15) is 0 Å². The molecule has 0 atom stereocenters. The molecule has 5 nitrogen and oxygen atoms in total. The second-order valence-corrected chi connectivity index (χ2v) is 7.29. The standard InChI is InChI=1S/C17H21ClN4OS/c1-12-5-6-13(9-15(12)18)19-16(23)21-17-20-14(11-24-17)10-22-7-3-2-4-8-22/h5-6,9,11H,2-4,7-8,10H2,1H3,(H2,19,20,21,23). The quantitative estimate of drug-likeness (QED) is 0.824. The minimum atomic E-state index is -0.311. The average molecular weight is 365 g/mol. The highest BCUT2D eigenvalue weighted by Gasteiger charge is 2.13. The summed E-state index contributed by atoms with van der Waals surface area (Å²) in [5.41, 5.74) is 2.65. The van der Waals surface area contributed by atoms with E-state index in [1.54, 1.807) is 6.07 Å². The molecule has 0 saturated carbocycles. The maximum atomic E-state index is 12.1. The Hall–Kier alpha value is -1.63. The van der Waals surface area contributed by atoms with Crippen molar-refractivity contribution in [1.29, 1.82) is 0 Å². The number of aryl methyl sites for hydroxylation is 1. The third-order valence-corrected chi connectivity index (χ3v) is 5.25. The summed E-state index contributed by atoms with van der Waals surface area (Å²) in [6.45, 7) is 5.04. The molecule has 0 aliphatic carbocycles. The van der Waals surface area contributed by atoms with Crippen molar-refractivity contribution in [3.63, 3.8) is 0 Å². The van der Waals surface area contributed by atoms with Gasteiger partial charge in [0.25, 0.3) is 0 Å². The number of thiazole rings is 1. The Morgan fingerprint density at radius 3 is 2.83 bits per heavy atom. The molecule has 128 valence electrons. The van der Waals surface area contributed by atoms with Crippen molar-refractivity contribution >= 4 is 39.8 Å². The lowest BCUT2D eigenvalue weighted by molar-refractivity contribution is 0.219. The summed E-state index contributed by atoms with van der Waals surface area (Å²) in [6, 6.07) is 5.12. The molecule has 0 spiro atoms. The van der Waals surface area contributed by atoms with Crippen molar-refractivity contribution < 1.29 is 4.79 Å². The van der Waals surface area contributed by atoms with Gasteiger partial charge in [-0.05, 0) is 50.6 Å². The molecule has 2 heterocycles. The molecule has 0 bridgehead atoms. The zero-order valence-corrected chi connectivity index (χ0v) is 15.2. The first-order valence-corrected chi connectivity index (χ1v) is 9.37. The van der Waals surface area contributed by atoms with Crippen LogP contribution in [0.3, 0.4) is 0 Å². The number of benzene rings is 1. The number of hydrogen-bond donors (Lipinski definition) is 2. The van der Waals surface area contributed by atoms with E-state index in [4.69, 9.17) is 11.6 Å². The summed E-state index contributed by atoms with van der Waals surface area (Å²) < 4.78 is 0. The van der Waals surface area contributed by atoms with Gasteiger partial charge >= 0.3 is 6.03 Å². The SMILES string of the molecule is Cc1ccc(NC(=O)Nc2nc(CN3CCCCC3)cs2)cc1Cl. The van der Waals surface area contributed by atoms with Crippen LogP contribution >= 0.6 is 22.9 Å². The number of amides is 2. The second-order valence-electron chi connectivity index (χ2n) is 6.02. The van der Waals surface area contributed by atoms with Crippen LogP contribution in [0.2, 0.25) is 5.02 Å². The fourth-order valence-corrected chi connectivity index (χ4v) is 3.59. The number of urea groups is 1. The zero-order valence-electron chi connectivity index (χ0n) is 13.6. The third-order valence-electron chi connectivity index (χ3n) is 4.04. The molecule has 2 N–H and O–H groups in total. The smallest absolute Gasteiger partial charge is 0.308 e. The topological polar surface area (TPSA) is 57.3 Å². The van der Waals surface area contributed by atoms with E-state index in [1.807, 2.05) is 24.4 Å². The van der Waals surface area contributed by atoms with E-state index >= 15 is 0 Å². The highest BCUT2D eigenvalue weighted by atomic mass is 35.5. The molecule has 1 aromatic carbocycles. The molecule has 0 unspecified atom stereocenters. The van der Waals surface area contributed by atoms with Gasteiger partial charge in [-0.1, -0.05) is 24.1 Å². The van der Waals surface area contributed by atoms with Gasteiger partial charge in [-0.15, -0.1) is 11.3 Å². The van der Waals surface area contributed by atoms with E-state index in [0.717, 1.165) is 30.9 Å². The summed E-state index contributed by atoms with van der Waals surface area (Å²) in [5.74, 6) is 0. The van der Waals surface area contributed by atoms with Crippen LogP contribution < -0.4 is 10.6 Å². The largest absolute Gasteiger partial charge is 0.325 e. The van der Waals surface area contributed by atoms with E-state index in [2.05, 4.69) is 20.5 Å². The number of anilines is 2. The van der Waals surface area contributed by atoms with E-state index < -0.39 is 0 Å². The molecule has 1 aromatic heterocycles. The van der Waals surface area contributed by atoms with E-state index in [1.165, 1.54) is 30.6 Å². The lowest BCUT2D eigenvalue weighted by Gasteiger charge is -2.25. The number of carbonyl (C=O) groups is 1. The van der Waals surface area contributed by atoms with E-state index in [-0.39, 0.29) is 6.03 Å². The van der Waals surface area contributed by atoms with Crippen LogP contribution in [0.4, 0.5) is 15.6 Å². The summed E-state index contributed by atoms with van der Waals surface area (Å²) in [6.07, 6.45) is 3.84. The molecule has 24 heavy (non-hydrogen) atoms. The normalized spacial score (nSPS) is 15.2. The Morgan fingerprint density at radius 2 is 2.08 bits per heavy atom. The van der Waals surface area contributed by atoms with E-state index in [9.17, 15) is 4.79 Å². The molecule has 1 aliphatic rings. The van der Waals surface area contributed by atoms with Crippen molar-refractivity contribution in [3.8, 4) is 0 Å². The predicted molar refractivity (Wildman–Crippen MR) is 100 cm³/mol. The van der Waals surface area contributed by atoms with Gasteiger partial charge in [-0.25, -0.2) is 9.78 Å². The Labute approximate surface area is 151 Å². The fourth-order valence-electron chi connectivity index (χ4n) is 2.71. The van der Waals surface area contributed by atoms with Crippen molar-refractivity contribution in [3.05, 3.63) is 39.9 Å². The van der Waals surface area contributed by atoms with Crippen LogP contribution in [-0.4, -0.2) is 29.0 Å². The van der Waals surface area contributed by atoms with Gasteiger partial charge in [-0.2, -0.15) is 0 Å². The highest BCUT2D eigenvalue weighted by molar-refractivity contribution is 7.13. The number of nitrogens with one attached hydrogen (secondary N) is 2. The molecule has 1 fully saturated rings. The lowest BCUT2D eigenvalue weighted by Crippen LogP contribution is -2.29. The molecule has 1 saturated heterocycles. The zero-order chi connectivity index (χ0) is 16.9. The molecule has 0 radical (unpaired) electrons. The summed E-state index contributed by atoms with van der Waals surface area (Å²) in [7, 11) is 0. The van der Waals surface area contributed by atoms with Gasteiger partial charge in [0.2, 0.25) is 0 Å². The number of rotatable bonds is 4.